The molecule has 0 saturated carbocycles. The summed E-state index contributed by atoms with van der Waals surface area (Å²) in [6.45, 7) is 7.93. The second-order valence-corrected chi connectivity index (χ2v) is 2.25. The standard InChI is InChI=1S/C7H14O/c1-4-6(2)7(3)5-8/h4,6-8H,1,5H2,2-3H3. The smallest absolute Gasteiger partial charge is 0.0462 e. The second kappa shape index (κ2) is 3.67. The summed E-state index contributed by atoms with van der Waals surface area (Å²) in [5.74, 6) is 0.785. The van der Waals surface area contributed by atoms with E-state index in [2.05, 4.69) is 6.58 Å². The molecule has 0 spiro atoms. The zero-order valence-electron chi connectivity index (χ0n) is 5.59. The van der Waals surface area contributed by atoms with Crippen LogP contribution in [-0.4, -0.2) is 11.7 Å². The van der Waals surface area contributed by atoms with Gasteiger partial charge in [-0.2, -0.15) is 0 Å². The Labute approximate surface area is 51.0 Å². The van der Waals surface area contributed by atoms with E-state index in [0.29, 0.717) is 11.8 Å². The summed E-state index contributed by atoms with van der Waals surface area (Å²) >= 11 is 0. The lowest BCUT2D eigenvalue weighted by molar-refractivity contribution is 0.213. The van der Waals surface area contributed by atoms with Crippen LogP contribution in [0.3, 0.4) is 0 Å². The Hall–Kier alpha value is -0.300. The van der Waals surface area contributed by atoms with Crippen LogP contribution in [0.4, 0.5) is 0 Å². The van der Waals surface area contributed by atoms with E-state index in [1.807, 2.05) is 19.9 Å². The topological polar surface area (TPSA) is 20.2 Å². The van der Waals surface area contributed by atoms with Crippen molar-refractivity contribution < 1.29 is 5.11 Å². The van der Waals surface area contributed by atoms with Gasteiger partial charge in [-0.25, -0.2) is 0 Å². The first kappa shape index (κ1) is 7.70. The predicted molar refractivity (Wildman–Crippen MR) is 35.6 cm³/mol. The number of aliphatic hydroxyl groups excluding tert-OH is 1. The third-order valence-electron chi connectivity index (χ3n) is 1.56. The molecule has 0 aliphatic carbocycles. The maximum absolute atomic E-state index is 8.59. The highest BCUT2D eigenvalue weighted by Gasteiger charge is 2.04. The zero-order valence-corrected chi connectivity index (χ0v) is 5.59. The Morgan fingerprint density at radius 3 is 2.25 bits per heavy atom. The van der Waals surface area contributed by atoms with Crippen molar-refractivity contribution >= 4 is 0 Å². The maximum atomic E-state index is 8.59. The molecule has 0 aromatic carbocycles. The number of aliphatic hydroxyl groups is 1. The Balaban J connectivity index is 3.44. The Morgan fingerprint density at radius 1 is 1.62 bits per heavy atom. The van der Waals surface area contributed by atoms with Gasteiger partial charge in [-0.15, -0.1) is 6.58 Å². The lowest BCUT2D eigenvalue weighted by Crippen LogP contribution is -2.08. The van der Waals surface area contributed by atoms with Crippen molar-refractivity contribution in [2.45, 2.75) is 13.8 Å². The van der Waals surface area contributed by atoms with Gasteiger partial charge in [0.15, 0.2) is 0 Å². The first-order valence-electron chi connectivity index (χ1n) is 2.95. The molecule has 0 bridgehead atoms. The van der Waals surface area contributed by atoms with Gasteiger partial charge in [0.2, 0.25) is 0 Å². The van der Waals surface area contributed by atoms with Crippen LogP contribution in [0.15, 0.2) is 12.7 Å². The first-order chi connectivity index (χ1) is 3.72. The van der Waals surface area contributed by atoms with Gasteiger partial charge in [-0.3, -0.25) is 0 Å². The molecule has 0 amide bonds. The molecule has 0 aliphatic heterocycles. The number of rotatable bonds is 3. The highest BCUT2D eigenvalue weighted by molar-refractivity contribution is 4.78. The highest BCUT2D eigenvalue weighted by Crippen LogP contribution is 2.09. The number of hydrogen-bond acceptors (Lipinski definition) is 1. The summed E-state index contributed by atoms with van der Waals surface area (Å²) in [7, 11) is 0. The molecule has 48 valence electrons. The van der Waals surface area contributed by atoms with Gasteiger partial charge in [0.05, 0.1) is 0 Å². The van der Waals surface area contributed by atoms with Crippen molar-refractivity contribution in [2.75, 3.05) is 6.61 Å². The quantitative estimate of drug-likeness (QED) is 0.550. The van der Waals surface area contributed by atoms with Crippen LogP contribution in [0.25, 0.3) is 0 Å². The van der Waals surface area contributed by atoms with Crippen LogP contribution in [0, 0.1) is 11.8 Å². The largest absolute Gasteiger partial charge is 0.396 e. The van der Waals surface area contributed by atoms with Crippen LogP contribution in [-0.2, 0) is 0 Å². The molecular formula is C7H14O. The van der Waals surface area contributed by atoms with E-state index in [4.69, 9.17) is 5.11 Å². The van der Waals surface area contributed by atoms with Crippen molar-refractivity contribution in [3.05, 3.63) is 12.7 Å². The molecule has 2 atom stereocenters. The monoisotopic (exact) mass is 114 g/mol. The molecule has 0 heterocycles. The SMILES string of the molecule is C=CC(C)C(C)CO. The van der Waals surface area contributed by atoms with Gasteiger partial charge in [0.25, 0.3) is 0 Å². The molecule has 0 aromatic heterocycles. The van der Waals surface area contributed by atoms with Crippen molar-refractivity contribution in [3.63, 3.8) is 0 Å². The van der Waals surface area contributed by atoms with Crippen molar-refractivity contribution in [1.82, 2.24) is 0 Å². The molecule has 0 aromatic rings. The van der Waals surface area contributed by atoms with Gasteiger partial charge in [-0.05, 0) is 11.8 Å². The summed E-state index contributed by atoms with van der Waals surface area (Å²) in [5.41, 5.74) is 0. The van der Waals surface area contributed by atoms with E-state index in [1.165, 1.54) is 0 Å². The van der Waals surface area contributed by atoms with Crippen LogP contribution in [0.1, 0.15) is 13.8 Å². The highest BCUT2D eigenvalue weighted by atomic mass is 16.3. The Kier molecular flexibility index (Phi) is 3.53. The number of hydrogen-bond donors (Lipinski definition) is 1. The molecule has 0 saturated heterocycles. The van der Waals surface area contributed by atoms with E-state index in [0.717, 1.165) is 0 Å². The Bertz CT molecular complexity index is 68.8. The predicted octanol–water partition coefficient (Wildman–Crippen LogP) is 1.44. The van der Waals surface area contributed by atoms with Crippen LogP contribution in [0.5, 0.6) is 0 Å². The molecule has 1 nitrogen and oxygen atoms in total. The van der Waals surface area contributed by atoms with E-state index >= 15 is 0 Å². The van der Waals surface area contributed by atoms with Crippen LogP contribution < -0.4 is 0 Å². The van der Waals surface area contributed by atoms with Crippen molar-refractivity contribution in [2.24, 2.45) is 11.8 Å². The fourth-order valence-electron chi connectivity index (χ4n) is 0.399. The van der Waals surface area contributed by atoms with Crippen molar-refractivity contribution in [3.8, 4) is 0 Å². The minimum absolute atomic E-state index is 0.257. The van der Waals surface area contributed by atoms with Gasteiger partial charge in [0.1, 0.15) is 0 Å². The van der Waals surface area contributed by atoms with Crippen LogP contribution >= 0.6 is 0 Å². The molecule has 0 rings (SSSR count). The summed E-state index contributed by atoms with van der Waals surface area (Å²) in [4.78, 5) is 0. The molecule has 1 heteroatoms. The second-order valence-electron chi connectivity index (χ2n) is 2.25. The molecular weight excluding hydrogens is 100 g/mol. The normalized spacial score (nSPS) is 17.4. The van der Waals surface area contributed by atoms with E-state index in [-0.39, 0.29) is 6.61 Å². The third-order valence-corrected chi connectivity index (χ3v) is 1.56. The van der Waals surface area contributed by atoms with Crippen molar-refractivity contribution in [1.29, 1.82) is 0 Å². The number of allylic oxidation sites excluding steroid dienone is 1. The minimum atomic E-state index is 0.257. The lowest BCUT2D eigenvalue weighted by Gasteiger charge is -2.11. The minimum Gasteiger partial charge on any atom is -0.396 e. The molecule has 2 unspecified atom stereocenters. The van der Waals surface area contributed by atoms with Crippen LogP contribution in [0.2, 0.25) is 0 Å². The van der Waals surface area contributed by atoms with Gasteiger partial charge >= 0.3 is 0 Å². The van der Waals surface area contributed by atoms with E-state index in [9.17, 15) is 0 Å². The molecule has 8 heavy (non-hydrogen) atoms. The summed E-state index contributed by atoms with van der Waals surface area (Å²) < 4.78 is 0. The Morgan fingerprint density at radius 2 is 2.12 bits per heavy atom. The van der Waals surface area contributed by atoms with Gasteiger partial charge in [-0.1, -0.05) is 19.9 Å². The summed E-state index contributed by atoms with van der Waals surface area (Å²) in [6.07, 6.45) is 1.86. The fourth-order valence-corrected chi connectivity index (χ4v) is 0.399. The fraction of sp³-hybridized carbons (Fsp3) is 0.714. The van der Waals surface area contributed by atoms with Gasteiger partial charge in [0, 0.05) is 6.61 Å². The van der Waals surface area contributed by atoms with E-state index in [1.54, 1.807) is 0 Å². The average Bonchev–Trinajstić information content (AvgIpc) is 1.84. The third kappa shape index (κ3) is 2.12. The molecule has 0 fully saturated rings. The maximum Gasteiger partial charge on any atom is 0.0462 e. The first-order valence-corrected chi connectivity index (χ1v) is 2.95. The summed E-state index contributed by atoms with van der Waals surface area (Å²) in [5, 5.41) is 8.59. The van der Waals surface area contributed by atoms with Gasteiger partial charge < -0.3 is 5.11 Å². The molecule has 0 aliphatic rings. The molecule has 0 radical (unpaired) electrons. The van der Waals surface area contributed by atoms with E-state index < -0.39 is 0 Å². The summed E-state index contributed by atoms with van der Waals surface area (Å²) in [6, 6.07) is 0. The molecule has 1 N–H and O–H groups in total. The average molecular weight is 114 g/mol. The lowest BCUT2D eigenvalue weighted by atomic mass is 9.97. The zero-order chi connectivity index (χ0) is 6.57.